The fourth-order valence-electron chi connectivity index (χ4n) is 3.62. The zero-order chi connectivity index (χ0) is 23.0. The van der Waals surface area contributed by atoms with Crippen molar-refractivity contribution in [1.29, 1.82) is 0 Å². The van der Waals surface area contributed by atoms with Crippen molar-refractivity contribution in [3.05, 3.63) is 99.0 Å². The molecule has 1 heterocycles. The highest BCUT2D eigenvalue weighted by Crippen LogP contribution is 2.38. The van der Waals surface area contributed by atoms with E-state index in [1.54, 1.807) is 30.3 Å². The second-order valence-corrected chi connectivity index (χ2v) is 9.32. The third-order valence-electron chi connectivity index (χ3n) is 5.46. The lowest BCUT2D eigenvalue weighted by molar-refractivity contribution is 0.101. The fraction of sp³-hybridized carbons (Fsp3) is 0.222. The van der Waals surface area contributed by atoms with Crippen LogP contribution < -0.4 is 9.47 Å². The summed E-state index contributed by atoms with van der Waals surface area (Å²) in [4.78, 5) is 12.9. The number of hydrogen-bond acceptors (Lipinski definition) is 3. The number of carbonyl (C=O) groups excluding carboxylic acids is 1. The molecule has 0 spiro atoms. The molecule has 0 aliphatic carbocycles. The molecular formula is C27H24ClFO3. The van der Waals surface area contributed by atoms with Crippen LogP contribution in [0.25, 0.3) is 6.08 Å². The molecule has 3 aromatic rings. The summed E-state index contributed by atoms with van der Waals surface area (Å²) in [6, 6.07) is 16.0. The maximum atomic E-state index is 14.0. The Morgan fingerprint density at radius 2 is 1.81 bits per heavy atom. The molecule has 1 aliphatic heterocycles. The van der Waals surface area contributed by atoms with Crippen molar-refractivity contribution in [3.8, 4) is 11.5 Å². The minimum Gasteiger partial charge on any atom is -0.489 e. The Morgan fingerprint density at radius 3 is 2.47 bits per heavy atom. The van der Waals surface area contributed by atoms with Crippen molar-refractivity contribution in [2.75, 3.05) is 0 Å². The van der Waals surface area contributed by atoms with Gasteiger partial charge in [0.25, 0.3) is 0 Å². The number of rotatable bonds is 4. The van der Waals surface area contributed by atoms with Crippen molar-refractivity contribution in [2.45, 2.75) is 39.7 Å². The van der Waals surface area contributed by atoms with E-state index in [1.807, 2.05) is 19.1 Å². The predicted molar refractivity (Wildman–Crippen MR) is 125 cm³/mol. The normalized spacial score (nSPS) is 14.4. The molecule has 0 bridgehead atoms. The summed E-state index contributed by atoms with van der Waals surface area (Å²) >= 11 is 6.07. The molecule has 0 saturated carbocycles. The molecule has 0 radical (unpaired) electrons. The highest BCUT2D eigenvalue weighted by atomic mass is 35.5. The first-order chi connectivity index (χ1) is 15.1. The fourth-order valence-corrected chi connectivity index (χ4v) is 3.83. The largest absolute Gasteiger partial charge is 0.489 e. The molecular weight excluding hydrogens is 427 g/mol. The van der Waals surface area contributed by atoms with Crippen LogP contribution in [0.1, 0.15) is 53.4 Å². The van der Waals surface area contributed by atoms with E-state index < -0.39 is 5.82 Å². The maximum absolute atomic E-state index is 14.0. The highest BCUT2D eigenvalue weighted by molar-refractivity contribution is 6.31. The maximum Gasteiger partial charge on any atom is 0.232 e. The summed E-state index contributed by atoms with van der Waals surface area (Å²) in [7, 11) is 0. The molecule has 4 rings (SSSR count). The minimum atomic E-state index is -0.426. The number of halogens is 2. The Hall–Kier alpha value is -3.11. The van der Waals surface area contributed by atoms with E-state index in [-0.39, 0.29) is 29.1 Å². The van der Waals surface area contributed by atoms with Gasteiger partial charge in [0.15, 0.2) is 5.76 Å². The van der Waals surface area contributed by atoms with Crippen molar-refractivity contribution in [1.82, 2.24) is 0 Å². The van der Waals surface area contributed by atoms with Gasteiger partial charge in [-0.2, -0.15) is 0 Å². The SMILES string of the molecule is Cc1cc(OCc2c(F)cccc2Cl)cc2c1C(=O)/C(=C/c1ccc(C(C)(C)C)cc1)O2. The van der Waals surface area contributed by atoms with Crippen molar-refractivity contribution in [3.63, 3.8) is 0 Å². The molecule has 164 valence electrons. The van der Waals surface area contributed by atoms with Crippen LogP contribution in [0.2, 0.25) is 5.02 Å². The van der Waals surface area contributed by atoms with Gasteiger partial charge in [-0.3, -0.25) is 4.79 Å². The zero-order valence-electron chi connectivity index (χ0n) is 18.5. The zero-order valence-corrected chi connectivity index (χ0v) is 19.2. The predicted octanol–water partition coefficient (Wildman–Crippen LogP) is 7.28. The molecule has 0 saturated heterocycles. The van der Waals surface area contributed by atoms with Gasteiger partial charge in [-0.25, -0.2) is 4.39 Å². The van der Waals surface area contributed by atoms with Crippen LogP contribution in [0.3, 0.4) is 0 Å². The van der Waals surface area contributed by atoms with Crippen LogP contribution in [-0.2, 0) is 12.0 Å². The van der Waals surface area contributed by atoms with E-state index in [4.69, 9.17) is 21.1 Å². The van der Waals surface area contributed by atoms with E-state index in [9.17, 15) is 9.18 Å². The minimum absolute atomic E-state index is 0.0273. The van der Waals surface area contributed by atoms with E-state index in [0.717, 1.165) is 11.1 Å². The third-order valence-corrected chi connectivity index (χ3v) is 5.82. The number of allylic oxidation sites excluding steroid dienone is 1. The van der Waals surface area contributed by atoms with E-state index in [2.05, 4.69) is 32.9 Å². The Balaban J connectivity index is 1.56. The third kappa shape index (κ3) is 4.42. The second-order valence-electron chi connectivity index (χ2n) is 8.91. The smallest absolute Gasteiger partial charge is 0.232 e. The lowest BCUT2D eigenvalue weighted by Crippen LogP contribution is -2.10. The lowest BCUT2D eigenvalue weighted by atomic mass is 9.86. The standard InChI is InChI=1S/C27H24ClFO3/c1-16-12-19(31-15-20-21(28)6-5-7-22(20)29)14-23-25(16)26(30)24(32-23)13-17-8-10-18(11-9-17)27(2,3)4/h5-14H,15H2,1-4H3/b24-13-. The van der Waals surface area contributed by atoms with E-state index in [1.165, 1.54) is 11.6 Å². The lowest BCUT2D eigenvalue weighted by Gasteiger charge is -2.18. The summed E-state index contributed by atoms with van der Waals surface area (Å²) in [6.45, 7) is 8.26. The summed E-state index contributed by atoms with van der Waals surface area (Å²) in [5.41, 5.74) is 3.69. The second kappa shape index (κ2) is 8.44. The number of ether oxygens (including phenoxy) is 2. The molecule has 0 aromatic heterocycles. The average Bonchev–Trinajstić information content (AvgIpc) is 3.03. The van der Waals surface area contributed by atoms with Gasteiger partial charge in [-0.05, 0) is 53.3 Å². The van der Waals surface area contributed by atoms with Crippen molar-refractivity contribution < 1.29 is 18.7 Å². The first kappa shape index (κ1) is 22.1. The summed E-state index contributed by atoms with van der Waals surface area (Å²) in [5.74, 6) is 0.581. The summed E-state index contributed by atoms with van der Waals surface area (Å²) < 4.78 is 25.6. The Labute approximate surface area is 192 Å². The van der Waals surface area contributed by atoms with Gasteiger partial charge < -0.3 is 9.47 Å². The molecule has 1 aliphatic rings. The summed E-state index contributed by atoms with van der Waals surface area (Å²) in [5, 5.41) is 0.303. The van der Waals surface area contributed by atoms with Crippen molar-refractivity contribution >= 4 is 23.5 Å². The molecule has 3 nitrogen and oxygen atoms in total. The van der Waals surface area contributed by atoms with E-state index in [0.29, 0.717) is 22.1 Å². The molecule has 0 atom stereocenters. The van der Waals surface area contributed by atoms with Crippen LogP contribution in [0.15, 0.2) is 60.4 Å². The first-order valence-electron chi connectivity index (χ1n) is 10.4. The van der Waals surface area contributed by atoms with Crippen LogP contribution in [-0.4, -0.2) is 5.78 Å². The molecule has 5 heteroatoms. The van der Waals surface area contributed by atoms with Crippen LogP contribution in [0.5, 0.6) is 11.5 Å². The Morgan fingerprint density at radius 1 is 1.09 bits per heavy atom. The number of hydrogen-bond donors (Lipinski definition) is 0. The number of benzene rings is 3. The number of Topliss-reactive ketones (excluding diaryl/α,β-unsaturated/α-hetero) is 1. The van der Waals surface area contributed by atoms with Crippen LogP contribution in [0, 0.1) is 12.7 Å². The van der Waals surface area contributed by atoms with Crippen LogP contribution in [0.4, 0.5) is 4.39 Å². The Bertz CT molecular complexity index is 1200. The summed E-state index contributed by atoms with van der Waals surface area (Å²) in [6.07, 6.45) is 1.74. The number of carbonyl (C=O) groups is 1. The Kier molecular flexibility index (Phi) is 5.83. The van der Waals surface area contributed by atoms with Crippen molar-refractivity contribution in [2.24, 2.45) is 0 Å². The number of aryl methyl sites for hydroxylation is 1. The van der Waals surface area contributed by atoms with Gasteiger partial charge in [0.05, 0.1) is 10.6 Å². The molecule has 0 fully saturated rings. The first-order valence-corrected chi connectivity index (χ1v) is 10.8. The topological polar surface area (TPSA) is 35.5 Å². The van der Waals surface area contributed by atoms with Gasteiger partial charge in [0.1, 0.15) is 23.9 Å². The quantitative estimate of drug-likeness (QED) is 0.392. The van der Waals surface area contributed by atoms with Crippen LogP contribution >= 0.6 is 11.6 Å². The molecule has 0 unspecified atom stereocenters. The number of ketones is 1. The number of fused-ring (bicyclic) bond motifs is 1. The van der Waals surface area contributed by atoms with Gasteiger partial charge >= 0.3 is 0 Å². The van der Waals surface area contributed by atoms with Gasteiger partial charge in [0.2, 0.25) is 5.78 Å². The monoisotopic (exact) mass is 450 g/mol. The van der Waals surface area contributed by atoms with Gasteiger partial charge in [-0.15, -0.1) is 0 Å². The molecule has 0 N–H and O–H groups in total. The highest BCUT2D eigenvalue weighted by Gasteiger charge is 2.30. The molecule has 3 aromatic carbocycles. The van der Waals surface area contributed by atoms with Gasteiger partial charge in [-0.1, -0.05) is 62.7 Å². The molecule has 32 heavy (non-hydrogen) atoms. The molecule has 0 amide bonds. The van der Waals surface area contributed by atoms with Gasteiger partial charge in [0, 0.05) is 11.6 Å². The average molecular weight is 451 g/mol. The van der Waals surface area contributed by atoms with E-state index >= 15 is 0 Å².